The van der Waals surface area contributed by atoms with Crippen LogP contribution in [0.5, 0.6) is 0 Å². The summed E-state index contributed by atoms with van der Waals surface area (Å²) in [5, 5.41) is 3.58. The van der Waals surface area contributed by atoms with Gasteiger partial charge in [-0.15, -0.1) is 0 Å². The van der Waals surface area contributed by atoms with Gasteiger partial charge in [0.2, 0.25) is 11.8 Å². The van der Waals surface area contributed by atoms with Gasteiger partial charge in [-0.25, -0.2) is 8.78 Å². The molecule has 2 saturated heterocycles. The molecule has 3 aliphatic heterocycles. The van der Waals surface area contributed by atoms with Crippen molar-refractivity contribution < 1.29 is 18.4 Å². The zero-order chi connectivity index (χ0) is 29.5. The zero-order valence-electron chi connectivity index (χ0n) is 24.8. The van der Waals surface area contributed by atoms with Crippen molar-refractivity contribution in [2.75, 3.05) is 57.3 Å². The van der Waals surface area contributed by atoms with E-state index in [1.54, 1.807) is 13.1 Å². The number of piperazine rings is 2. The maximum absolute atomic E-state index is 14.4. The van der Waals surface area contributed by atoms with E-state index in [-0.39, 0.29) is 41.8 Å². The normalized spacial score (nSPS) is 24.9. The molecule has 0 spiro atoms. The van der Waals surface area contributed by atoms with Crippen LogP contribution in [0.15, 0.2) is 30.5 Å². The Morgan fingerprint density at radius 1 is 1.10 bits per heavy atom. The molecule has 3 aliphatic rings. The summed E-state index contributed by atoms with van der Waals surface area (Å²) in [5.41, 5.74) is 2.48. The highest BCUT2D eigenvalue weighted by atomic mass is 19.1. The average Bonchev–Trinajstić information content (AvgIpc) is 3.18. The van der Waals surface area contributed by atoms with E-state index >= 15 is 0 Å². The van der Waals surface area contributed by atoms with Gasteiger partial charge in [0.1, 0.15) is 11.6 Å². The van der Waals surface area contributed by atoms with Crippen LogP contribution in [-0.4, -0.2) is 102 Å². The first-order valence-corrected chi connectivity index (χ1v) is 14.6. The van der Waals surface area contributed by atoms with Crippen LogP contribution in [0.3, 0.4) is 0 Å². The van der Waals surface area contributed by atoms with Crippen molar-refractivity contribution in [1.82, 2.24) is 25.0 Å². The Morgan fingerprint density at radius 2 is 1.88 bits per heavy atom. The third-order valence-electron chi connectivity index (χ3n) is 8.84. The third kappa shape index (κ3) is 6.44. The van der Waals surface area contributed by atoms with Crippen LogP contribution in [0.25, 0.3) is 0 Å². The lowest BCUT2D eigenvalue weighted by Crippen LogP contribution is -2.63. The molecule has 4 heterocycles. The molecule has 0 radical (unpaired) electrons. The summed E-state index contributed by atoms with van der Waals surface area (Å²) in [7, 11) is 0. The molecule has 10 heteroatoms. The number of nitrogens with zero attached hydrogens (tertiary/aromatic N) is 5. The molecule has 0 bridgehead atoms. The smallest absolute Gasteiger partial charge is 0.241 e. The molecule has 0 saturated carbocycles. The first kappa shape index (κ1) is 29.5. The largest absolute Gasteiger partial charge is 0.340 e. The lowest BCUT2D eigenvalue weighted by molar-refractivity contribution is -0.132. The van der Waals surface area contributed by atoms with Crippen LogP contribution in [0.4, 0.5) is 14.5 Å². The predicted octanol–water partition coefficient (Wildman–Crippen LogP) is 2.79. The SMILES string of the molecule is CC(=O)N1CCN(C[C@H]2CN[C@H](C)CN2CC(=O)N2CC(C)(C)c3ncc(Cc4ccc(F)cc4F)cc32)[C@H](C)C1. The topological polar surface area (TPSA) is 72.0 Å². The number of halogens is 2. The number of aromatic nitrogens is 1. The molecule has 5 rings (SSSR count). The van der Waals surface area contributed by atoms with Crippen LogP contribution in [0, 0.1) is 11.6 Å². The van der Waals surface area contributed by atoms with E-state index in [4.69, 9.17) is 4.98 Å². The van der Waals surface area contributed by atoms with Gasteiger partial charge in [0.25, 0.3) is 0 Å². The van der Waals surface area contributed by atoms with Crippen molar-refractivity contribution in [1.29, 1.82) is 0 Å². The van der Waals surface area contributed by atoms with Crippen molar-refractivity contribution in [2.45, 2.75) is 64.6 Å². The number of rotatable bonds is 6. The molecule has 8 nitrogen and oxygen atoms in total. The Labute approximate surface area is 241 Å². The molecular weight excluding hydrogens is 526 g/mol. The minimum atomic E-state index is -0.606. The number of carbonyl (C=O) groups is 2. The van der Waals surface area contributed by atoms with Gasteiger partial charge in [0.15, 0.2) is 0 Å². The Hall–Kier alpha value is -2.95. The van der Waals surface area contributed by atoms with E-state index in [0.717, 1.165) is 62.3 Å². The Balaban J connectivity index is 1.31. The predicted molar refractivity (Wildman–Crippen MR) is 155 cm³/mol. The highest BCUT2D eigenvalue weighted by Gasteiger charge is 2.41. The molecule has 222 valence electrons. The second kappa shape index (κ2) is 11.7. The van der Waals surface area contributed by atoms with Crippen molar-refractivity contribution in [2.24, 2.45) is 0 Å². The first-order valence-electron chi connectivity index (χ1n) is 14.6. The number of hydrogen-bond donors (Lipinski definition) is 1. The van der Waals surface area contributed by atoms with Gasteiger partial charge in [-0.3, -0.25) is 24.4 Å². The van der Waals surface area contributed by atoms with E-state index < -0.39 is 11.6 Å². The number of hydrogen-bond acceptors (Lipinski definition) is 6. The van der Waals surface area contributed by atoms with Crippen LogP contribution >= 0.6 is 0 Å². The van der Waals surface area contributed by atoms with Crippen LogP contribution < -0.4 is 10.2 Å². The summed E-state index contributed by atoms with van der Waals surface area (Å²) in [6, 6.07) is 6.24. The van der Waals surface area contributed by atoms with Gasteiger partial charge >= 0.3 is 0 Å². The number of pyridine rings is 1. The van der Waals surface area contributed by atoms with E-state index in [1.807, 2.05) is 15.9 Å². The molecule has 41 heavy (non-hydrogen) atoms. The molecule has 0 unspecified atom stereocenters. The Bertz CT molecular complexity index is 1300. The van der Waals surface area contributed by atoms with E-state index in [1.165, 1.54) is 12.1 Å². The summed E-state index contributed by atoms with van der Waals surface area (Å²) in [6.45, 7) is 15.6. The Morgan fingerprint density at radius 3 is 2.59 bits per heavy atom. The summed E-state index contributed by atoms with van der Waals surface area (Å²) < 4.78 is 27.8. The maximum atomic E-state index is 14.4. The molecule has 2 fully saturated rings. The molecule has 1 N–H and O–H groups in total. The Kier molecular flexibility index (Phi) is 8.46. The summed E-state index contributed by atoms with van der Waals surface area (Å²) in [6.07, 6.45) is 2.00. The van der Waals surface area contributed by atoms with Crippen molar-refractivity contribution >= 4 is 17.5 Å². The fraction of sp³-hybridized carbons (Fsp3) is 0.581. The van der Waals surface area contributed by atoms with Crippen LogP contribution in [-0.2, 0) is 21.4 Å². The second-order valence-electron chi connectivity index (χ2n) is 12.7. The molecule has 2 amide bonds. The van der Waals surface area contributed by atoms with Gasteiger partial charge in [-0.2, -0.15) is 0 Å². The number of amides is 2. The summed E-state index contributed by atoms with van der Waals surface area (Å²) in [5.74, 6) is -1.05. The first-order chi connectivity index (χ1) is 19.4. The molecule has 1 aromatic heterocycles. The number of anilines is 1. The number of carbonyl (C=O) groups excluding carboxylic acids is 2. The lowest BCUT2D eigenvalue weighted by Gasteiger charge is -2.45. The van der Waals surface area contributed by atoms with Gasteiger partial charge in [-0.1, -0.05) is 19.9 Å². The van der Waals surface area contributed by atoms with Gasteiger partial charge in [0.05, 0.1) is 17.9 Å². The quantitative estimate of drug-likeness (QED) is 0.578. The average molecular weight is 569 g/mol. The minimum Gasteiger partial charge on any atom is -0.340 e. The number of nitrogens with one attached hydrogen (secondary N) is 1. The van der Waals surface area contributed by atoms with Crippen molar-refractivity contribution in [3.63, 3.8) is 0 Å². The maximum Gasteiger partial charge on any atom is 0.241 e. The van der Waals surface area contributed by atoms with Gasteiger partial charge < -0.3 is 15.1 Å². The number of fused-ring (bicyclic) bond motifs is 1. The molecule has 3 atom stereocenters. The van der Waals surface area contributed by atoms with E-state index in [9.17, 15) is 18.4 Å². The van der Waals surface area contributed by atoms with Crippen molar-refractivity contribution in [3.8, 4) is 0 Å². The highest BCUT2D eigenvalue weighted by Crippen LogP contribution is 2.40. The monoisotopic (exact) mass is 568 g/mol. The number of benzene rings is 1. The summed E-state index contributed by atoms with van der Waals surface area (Å²) in [4.78, 5) is 39.0. The minimum absolute atomic E-state index is 0.0253. The molecule has 2 aromatic rings. The highest BCUT2D eigenvalue weighted by molar-refractivity contribution is 5.97. The molecular formula is C31H42F2N6O2. The zero-order valence-corrected chi connectivity index (χ0v) is 24.8. The molecule has 0 aliphatic carbocycles. The van der Waals surface area contributed by atoms with Gasteiger partial charge in [0, 0.05) is 95.0 Å². The lowest BCUT2D eigenvalue weighted by atomic mass is 9.91. The van der Waals surface area contributed by atoms with Crippen molar-refractivity contribution in [3.05, 3.63) is 58.9 Å². The van der Waals surface area contributed by atoms with E-state index in [0.29, 0.717) is 18.7 Å². The third-order valence-corrected chi connectivity index (χ3v) is 8.84. The van der Waals surface area contributed by atoms with E-state index in [2.05, 4.69) is 42.8 Å². The summed E-state index contributed by atoms with van der Waals surface area (Å²) >= 11 is 0. The van der Waals surface area contributed by atoms with Gasteiger partial charge in [-0.05, 0) is 37.1 Å². The van der Waals surface area contributed by atoms with Crippen LogP contribution in [0.1, 0.15) is 51.4 Å². The molecule has 1 aromatic carbocycles. The fourth-order valence-corrected chi connectivity index (χ4v) is 6.47. The standard InChI is InChI=1S/C31H42F2N6O2/c1-20-15-38(26(14-34-20)17-36-8-9-37(22(3)40)16-21(36)2)18-29(41)39-19-31(4,5)30-28(39)11-23(13-35-30)10-24-6-7-25(32)12-27(24)33/h6-7,11-13,20-21,26,34H,8-10,14-19H2,1-5H3/t20-,21-,26-/m1/s1. The van der Waals surface area contributed by atoms with Crippen LogP contribution in [0.2, 0.25) is 0 Å². The fourth-order valence-electron chi connectivity index (χ4n) is 6.47. The second-order valence-corrected chi connectivity index (χ2v) is 12.7.